The Morgan fingerprint density at radius 1 is 1.20 bits per heavy atom. The van der Waals surface area contributed by atoms with Crippen LogP contribution in [0.2, 0.25) is 0 Å². The predicted octanol–water partition coefficient (Wildman–Crippen LogP) is 3.22. The Bertz CT molecular complexity index is 735. The molecule has 0 radical (unpaired) electrons. The van der Waals surface area contributed by atoms with E-state index >= 15 is 0 Å². The number of amides is 1. The maximum Gasteiger partial charge on any atom is 0.229 e. The zero-order valence-corrected chi connectivity index (χ0v) is 14.0. The van der Waals surface area contributed by atoms with E-state index in [-0.39, 0.29) is 17.8 Å². The van der Waals surface area contributed by atoms with Crippen LogP contribution >= 0.6 is 0 Å². The number of halogens is 1. The van der Waals surface area contributed by atoms with E-state index in [1.807, 2.05) is 23.1 Å². The third kappa shape index (κ3) is 3.36. The van der Waals surface area contributed by atoms with Gasteiger partial charge in [0, 0.05) is 17.9 Å². The van der Waals surface area contributed by atoms with Gasteiger partial charge in [0.05, 0.1) is 12.5 Å². The summed E-state index contributed by atoms with van der Waals surface area (Å²) in [6.45, 7) is 0.459. The van der Waals surface area contributed by atoms with Crippen LogP contribution in [0.1, 0.15) is 25.0 Å². The molecule has 1 aliphatic carbocycles. The summed E-state index contributed by atoms with van der Waals surface area (Å²) in [6, 6.07) is 12.1. The minimum atomic E-state index is -0.278. The van der Waals surface area contributed by atoms with Gasteiger partial charge in [-0.25, -0.2) is 4.39 Å². The van der Waals surface area contributed by atoms with Crippen molar-refractivity contribution in [3.8, 4) is 5.75 Å². The number of aromatic nitrogens is 1. The number of ether oxygens (including phenoxy) is 1. The molecule has 1 aliphatic heterocycles. The summed E-state index contributed by atoms with van der Waals surface area (Å²) in [7, 11) is 0. The number of carbonyl (C=O) groups excluding carboxylic acids is 1. The first kappa shape index (κ1) is 16.1. The topological polar surface area (TPSA) is 42.4 Å². The highest BCUT2D eigenvalue weighted by Crippen LogP contribution is 2.42. The van der Waals surface area contributed by atoms with Gasteiger partial charge in [-0.1, -0.05) is 6.07 Å². The molecule has 1 saturated heterocycles. The van der Waals surface area contributed by atoms with Crippen LogP contribution in [0.25, 0.3) is 0 Å². The van der Waals surface area contributed by atoms with E-state index in [0.717, 1.165) is 25.0 Å². The quantitative estimate of drug-likeness (QED) is 0.839. The number of fused-ring (bicyclic) bond motifs is 2. The number of nitrogens with zero attached hydrogens (tertiary/aromatic N) is 2. The van der Waals surface area contributed by atoms with E-state index in [1.54, 1.807) is 18.3 Å². The van der Waals surface area contributed by atoms with Crippen molar-refractivity contribution in [2.45, 2.75) is 37.8 Å². The highest BCUT2D eigenvalue weighted by Gasteiger charge is 2.48. The molecular weight excluding hydrogens is 319 g/mol. The van der Waals surface area contributed by atoms with E-state index in [0.29, 0.717) is 30.7 Å². The molecule has 2 fully saturated rings. The van der Waals surface area contributed by atoms with Crippen molar-refractivity contribution >= 4 is 5.91 Å². The van der Waals surface area contributed by atoms with Gasteiger partial charge in [-0.15, -0.1) is 0 Å². The molecule has 130 valence electrons. The Balaban J connectivity index is 1.44. The van der Waals surface area contributed by atoms with Crippen LogP contribution in [0.3, 0.4) is 0 Å². The van der Waals surface area contributed by atoms with Crippen molar-refractivity contribution in [3.05, 3.63) is 60.2 Å². The average Bonchev–Trinajstić information content (AvgIpc) is 3.23. The molecule has 0 spiro atoms. The summed E-state index contributed by atoms with van der Waals surface area (Å²) in [4.78, 5) is 19.1. The highest BCUT2D eigenvalue weighted by atomic mass is 19.1. The number of hydrogen-bond donors (Lipinski definition) is 0. The van der Waals surface area contributed by atoms with Crippen molar-refractivity contribution < 1.29 is 13.9 Å². The molecule has 2 bridgehead atoms. The number of likely N-dealkylation sites (tertiary alicyclic amines) is 1. The summed E-state index contributed by atoms with van der Waals surface area (Å²) in [6.07, 6.45) is 5.33. The van der Waals surface area contributed by atoms with Crippen LogP contribution in [0.15, 0.2) is 48.7 Å². The number of hydrogen-bond acceptors (Lipinski definition) is 3. The van der Waals surface area contributed by atoms with Crippen molar-refractivity contribution in [2.24, 2.45) is 5.92 Å². The lowest BCUT2D eigenvalue weighted by atomic mass is 9.99. The molecule has 1 amide bonds. The van der Waals surface area contributed by atoms with E-state index in [9.17, 15) is 9.18 Å². The maximum atomic E-state index is 13.0. The summed E-state index contributed by atoms with van der Waals surface area (Å²) in [5, 5.41) is 0. The first-order valence-corrected chi connectivity index (χ1v) is 8.80. The van der Waals surface area contributed by atoms with Crippen LogP contribution in [0, 0.1) is 11.7 Å². The van der Waals surface area contributed by atoms with Gasteiger partial charge in [0.2, 0.25) is 5.91 Å². The second kappa shape index (κ2) is 6.82. The van der Waals surface area contributed by atoms with Gasteiger partial charge in [-0.05, 0) is 61.6 Å². The first-order valence-electron chi connectivity index (χ1n) is 8.80. The summed E-state index contributed by atoms with van der Waals surface area (Å²) in [5.41, 5.74) is 0.800. The molecule has 2 heterocycles. The highest BCUT2D eigenvalue weighted by molar-refractivity contribution is 5.79. The largest absolute Gasteiger partial charge is 0.491 e. The molecule has 2 aromatic rings. The van der Waals surface area contributed by atoms with Crippen LogP contribution in [0.4, 0.5) is 4.39 Å². The standard InChI is InChI=1S/C20H21FN2O2/c21-15-5-8-18(9-6-15)25-13-19-14-4-7-17(11-14)23(19)20(24)12-16-3-1-2-10-22-16/h1-3,5-6,8-10,14,17,19H,4,7,11-13H2/t14?,17?,19-/m1/s1. The first-order chi connectivity index (χ1) is 12.2. The SMILES string of the molecule is O=C(Cc1ccccn1)N1C2CCC(C2)[C@H]1COc1ccc(F)cc1. The third-order valence-corrected chi connectivity index (χ3v) is 5.32. The molecule has 1 saturated carbocycles. The van der Waals surface area contributed by atoms with Gasteiger partial charge in [-0.3, -0.25) is 9.78 Å². The molecular formula is C20H21FN2O2. The molecule has 2 unspecified atom stereocenters. The molecule has 1 aromatic heterocycles. The lowest BCUT2D eigenvalue weighted by molar-refractivity contribution is -0.135. The van der Waals surface area contributed by atoms with Crippen molar-refractivity contribution in [3.63, 3.8) is 0 Å². The Morgan fingerprint density at radius 3 is 2.80 bits per heavy atom. The number of piperidine rings is 1. The number of rotatable bonds is 5. The van der Waals surface area contributed by atoms with E-state index < -0.39 is 0 Å². The van der Waals surface area contributed by atoms with Crippen molar-refractivity contribution in [2.75, 3.05) is 6.61 Å². The summed E-state index contributed by atoms with van der Waals surface area (Å²) in [5.74, 6) is 0.984. The molecule has 25 heavy (non-hydrogen) atoms. The summed E-state index contributed by atoms with van der Waals surface area (Å²) < 4.78 is 18.9. The molecule has 1 aromatic carbocycles. The molecule has 2 aliphatic rings. The second-order valence-corrected chi connectivity index (χ2v) is 6.86. The Hall–Kier alpha value is -2.43. The van der Waals surface area contributed by atoms with E-state index in [2.05, 4.69) is 4.98 Å². The third-order valence-electron chi connectivity index (χ3n) is 5.32. The summed E-state index contributed by atoms with van der Waals surface area (Å²) >= 11 is 0. The molecule has 4 nitrogen and oxygen atoms in total. The fourth-order valence-corrected chi connectivity index (χ4v) is 4.16. The lowest BCUT2D eigenvalue weighted by Crippen LogP contribution is -2.48. The lowest BCUT2D eigenvalue weighted by Gasteiger charge is -2.35. The zero-order chi connectivity index (χ0) is 17.2. The number of carbonyl (C=O) groups is 1. The van der Waals surface area contributed by atoms with E-state index in [1.165, 1.54) is 12.1 Å². The van der Waals surface area contributed by atoms with Crippen LogP contribution < -0.4 is 4.74 Å². The molecule has 5 heteroatoms. The predicted molar refractivity (Wildman–Crippen MR) is 91.6 cm³/mol. The number of benzene rings is 1. The number of pyridine rings is 1. The van der Waals surface area contributed by atoms with Gasteiger partial charge < -0.3 is 9.64 Å². The van der Waals surface area contributed by atoms with Gasteiger partial charge in [-0.2, -0.15) is 0 Å². The normalized spacial score (nSPS) is 24.5. The second-order valence-electron chi connectivity index (χ2n) is 6.86. The molecule has 4 rings (SSSR count). The smallest absolute Gasteiger partial charge is 0.229 e. The minimum Gasteiger partial charge on any atom is -0.491 e. The minimum absolute atomic E-state index is 0.0972. The average molecular weight is 340 g/mol. The van der Waals surface area contributed by atoms with Crippen LogP contribution in [-0.2, 0) is 11.2 Å². The zero-order valence-electron chi connectivity index (χ0n) is 14.0. The Morgan fingerprint density at radius 2 is 2.04 bits per heavy atom. The van der Waals surface area contributed by atoms with Gasteiger partial charge in [0.1, 0.15) is 18.2 Å². The monoisotopic (exact) mass is 340 g/mol. The van der Waals surface area contributed by atoms with Crippen molar-refractivity contribution in [1.82, 2.24) is 9.88 Å². The molecule has 3 atom stereocenters. The Kier molecular flexibility index (Phi) is 4.38. The van der Waals surface area contributed by atoms with Gasteiger partial charge in [0.15, 0.2) is 0 Å². The fraction of sp³-hybridized carbons (Fsp3) is 0.400. The molecule has 0 N–H and O–H groups in total. The maximum absolute atomic E-state index is 13.0. The fourth-order valence-electron chi connectivity index (χ4n) is 4.16. The van der Waals surface area contributed by atoms with Crippen molar-refractivity contribution in [1.29, 1.82) is 0 Å². The van der Waals surface area contributed by atoms with E-state index in [4.69, 9.17) is 4.74 Å². The van der Waals surface area contributed by atoms with Crippen LogP contribution in [0.5, 0.6) is 5.75 Å². The van der Waals surface area contributed by atoms with Gasteiger partial charge in [0.25, 0.3) is 0 Å². The van der Waals surface area contributed by atoms with Crippen LogP contribution in [-0.4, -0.2) is 34.5 Å². The van der Waals surface area contributed by atoms with Gasteiger partial charge >= 0.3 is 0 Å². The Labute approximate surface area is 146 Å².